The number of rotatable bonds is 2. The van der Waals surface area contributed by atoms with Crippen molar-refractivity contribution >= 4 is 5.97 Å². The van der Waals surface area contributed by atoms with Gasteiger partial charge in [-0.3, -0.25) is 4.79 Å². The molecule has 0 amide bonds. The lowest BCUT2D eigenvalue weighted by Gasteiger charge is -2.42. The number of nitrogens with zero attached hydrogens (tertiary/aromatic N) is 1. The molecule has 2 rings (SSSR count). The maximum absolute atomic E-state index is 10.9. The molecule has 2 saturated heterocycles. The Morgan fingerprint density at radius 1 is 1.53 bits per heavy atom. The fraction of sp³-hybridized carbons (Fsp3) is 0.909. The number of fused-ring (bicyclic) bond motifs is 1. The molecule has 2 heterocycles. The van der Waals surface area contributed by atoms with E-state index in [2.05, 4.69) is 4.90 Å². The van der Waals surface area contributed by atoms with E-state index in [1.807, 2.05) is 0 Å². The first kappa shape index (κ1) is 10.9. The van der Waals surface area contributed by atoms with Crippen LogP contribution in [0.1, 0.15) is 32.6 Å². The van der Waals surface area contributed by atoms with Crippen LogP contribution in [-0.2, 0) is 4.79 Å². The smallest absolute Gasteiger partial charge is 0.309 e. The van der Waals surface area contributed by atoms with Crippen molar-refractivity contribution in [1.29, 1.82) is 0 Å². The molecule has 2 fully saturated rings. The third-order valence-corrected chi connectivity index (χ3v) is 4.10. The molecule has 0 aromatic carbocycles. The lowest BCUT2D eigenvalue weighted by atomic mass is 9.77. The molecule has 0 bridgehead atoms. The van der Waals surface area contributed by atoms with Crippen molar-refractivity contribution in [2.75, 3.05) is 13.1 Å². The third-order valence-electron chi connectivity index (χ3n) is 4.10. The molecule has 3 unspecified atom stereocenters. The molecule has 4 heteroatoms. The van der Waals surface area contributed by atoms with Crippen LogP contribution in [0.15, 0.2) is 0 Å². The molecule has 0 radical (unpaired) electrons. The Balaban J connectivity index is 2.07. The van der Waals surface area contributed by atoms with Gasteiger partial charge in [-0.25, -0.2) is 0 Å². The summed E-state index contributed by atoms with van der Waals surface area (Å²) < 4.78 is 0. The minimum atomic E-state index is -0.989. The number of aliphatic carboxylic acids is 1. The average Bonchev–Trinajstić information content (AvgIpc) is 2.63. The second kappa shape index (κ2) is 3.76. The van der Waals surface area contributed by atoms with E-state index in [4.69, 9.17) is 5.11 Å². The van der Waals surface area contributed by atoms with Crippen molar-refractivity contribution in [3.05, 3.63) is 0 Å². The largest absolute Gasteiger partial charge is 0.481 e. The Hall–Kier alpha value is -0.610. The van der Waals surface area contributed by atoms with E-state index < -0.39 is 17.5 Å². The van der Waals surface area contributed by atoms with Crippen molar-refractivity contribution in [3.8, 4) is 0 Å². The summed E-state index contributed by atoms with van der Waals surface area (Å²) in [4.78, 5) is 13.3. The van der Waals surface area contributed by atoms with Gasteiger partial charge in [0.25, 0.3) is 0 Å². The Morgan fingerprint density at radius 2 is 2.27 bits per heavy atom. The van der Waals surface area contributed by atoms with Gasteiger partial charge in [-0.15, -0.1) is 0 Å². The number of piperidine rings is 1. The maximum atomic E-state index is 10.9. The second-order valence-corrected chi connectivity index (χ2v) is 4.95. The van der Waals surface area contributed by atoms with Crippen LogP contribution in [-0.4, -0.2) is 45.8 Å². The van der Waals surface area contributed by atoms with Crippen LogP contribution >= 0.6 is 0 Å². The summed E-state index contributed by atoms with van der Waals surface area (Å²) in [7, 11) is 0. The molecule has 2 aliphatic rings. The summed E-state index contributed by atoms with van der Waals surface area (Å²) in [5.41, 5.74) is -0.989. The third kappa shape index (κ3) is 1.88. The number of carboxylic acids is 1. The zero-order valence-corrected chi connectivity index (χ0v) is 9.15. The van der Waals surface area contributed by atoms with E-state index in [0.717, 1.165) is 19.5 Å². The van der Waals surface area contributed by atoms with Gasteiger partial charge in [-0.2, -0.15) is 0 Å². The second-order valence-electron chi connectivity index (χ2n) is 4.95. The zero-order valence-electron chi connectivity index (χ0n) is 9.15. The monoisotopic (exact) mass is 213 g/mol. The van der Waals surface area contributed by atoms with Gasteiger partial charge in [0.15, 0.2) is 0 Å². The van der Waals surface area contributed by atoms with Gasteiger partial charge < -0.3 is 15.1 Å². The molecule has 0 aromatic heterocycles. The SMILES string of the molecule is CC(C(=O)O)C1(O)CCN2CCCC2C1. The highest BCUT2D eigenvalue weighted by Gasteiger charge is 2.45. The quantitative estimate of drug-likeness (QED) is 0.708. The molecule has 0 spiro atoms. The van der Waals surface area contributed by atoms with Gasteiger partial charge in [0, 0.05) is 12.6 Å². The van der Waals surface area contributed by atoms with Crippen LogP contribution in [0.2, 0.25) is 0 Å². The fourth-order valence-corrected chi connectivity index (χ4v) is 2.89. The van der Waals surface area contributed by atoms with Gasteiger partial charge in [0.1, 0.15) is 0 Å². The molecule has 0 aliphatic carbocycles. The highest BCUT2D eigenvalue weighted by atomic mass is 16.4. The van der Waals surface area contributed by atoms with Crippen LogP contribution in [0.5, 0.6) is 0 Å². The first-order chi connectivity index (χ1) is 7.03. The number of aliphatic hydroxyl groups is 1. The summed E-state index contributed by atoms with van der Waals surface area (Å²) in [5, 5.41) is 19.3. The van der Waals surface area contributed by atoms with Gasteiger partial charge in [-0.1, -0.05) is 0 Å². The van der Waals surface area contributed by atoms with E-state index in [1.165, 1.54) is 6.42 Å². The van der Waals surface area contributed by atoms with E-state index >= 15 is 0 Å². The Bertz CT molecular complexity index is 269. The van der Waals surface area contributed by atoms with E-state index in [9.17, 15) is 9.90 Å². The fourth-order valence-electron chi connectivity index (χ4n) is 2.89. The number of hydrogen-bond donors (Lipinski definition) is 2. The van der Waals surface area contributed by atoms with E-state index in [0.29, 0.717) is 18.9 Å². The summed E-state index contributed by atoms with van der Waals surface area (Å²) in [6.45, 7) is 3.58. The van der Waals surface area contributed by atoms with Crippen LogP contribution in [0.3, 0.4) is 0 Å². The molecule has 3 atom stereocenters. The molecule has 2 aliphatic heterocycles. The lowest BCUT2D eigenvalue weighted by molar-refractivity contribution is -0.155. The average molecular weight is 213 g/mol. The van der Waals surface area contributed by atoms with Crippen molar-refractivity contribution in [1.82, 2.24) is 4.90 Å². The number of hydrogen-bond acceptors (Lipinski definition) is 3. The summed E-state index contributed by atoms with van der Waals surface area (Å²) in [5.74, 6) is -1.54. The number of carbonyl (C=O) groups is 1. The first-order valence-electron chi connectivity index (χ1n) is 5.72. The van der Waals surface area contributed by atoms with Crippen LogP contribution < -0.4 is 0 Å². The highest BCUT2D eigenvalue weighted by Crippen LogP contribution is 2.37. The summed E-state index contributed by atoms with van der Waals surface area (Å²) in [6, 6.07) is 0.408. The van der Waals surface area contributed by atoms with Gasteiger partial charge in [-0.05, 0) is 39.2 Å². The molecule has 86 valence electrons. The van der Waals surface area contributed by atoms with Crippen molar-refractivity contribution < 1.29 is 15.0 Å². The Morgan fingerprint density at radius 3 is 2.93 bits per heavy atom. The first-order valence-corrected chi connectivity index (χ1v) is 5.72. The van der Waals surface area contributed by atoms with Gasteiger partial charge in [0.2, 0.25) is 0 Å². The van der Waals surface area contributed by atoms with Gasteiger partial charge >= 0.3 is 5.97 Å². The Labute approximate surface area is 89.9 Å². The standard InChI is InChI=1S/C11H19NO3/c1-8(10(13)14)11(15)4-6-12-5-2-3-9(12)7-11/h8-9,15H,2-7H2,1H3,(H,13,14). The Kier molecular flexibility index (Phi) is 2.73. The molecule has 4 nitrogen and oxygen atoms in total. The zero-order chi connectivity index (χ0) is 11.1. The van der Waals surface area contributed by atoms with Crippen molar-refractivity contribution in [2.24, 2.45) is 5.92 Å². The molecule has 2 N–H and O–H groups in total. The minimum absolute atomic E-state index is 0.408. The predicted octanol–water partition coefficient (Wildman–Crippen LogP) is 0.696. The molecular formula is C11H19NO3. The van der Waals surface area contributed by atoms with E-state index in [-0.39, 0.29) is 0 Å². The minimum Gasteiger partial charge on any atom is -0.481 e. The highest BCUT2D eigenvalue weighted by molar-refractivity contribution is 5.71. The maximum Gasteiger partial charge on any atom is 0.309 e. The predicted molar refractivity (Wildman–Crippen MR) is 55.6 cm³/mol. The molecule has 0 aromatic rings. The molecular weight excluding hydrogens is 194 g/mol. The van der Waals surface area contributed by atoms with Crippen LogP contribution in [0, 0.1) is 5.92 Å². The topological polar surface area (TPSA) is 60.8 Å². The van der Waals surface area contributed by atoms with Gasteiger partial charge in [0.05, 0.1) is 11.5 Å². The summed E-state index contributed by atoms with van der Waals surface area (Å²) >= 11 is 0. The van der Waals surface area contributed by atoms with Crippen molar-refractivity contribution in [3.63, 3.8) is 0 Å². The number of carboxylic acid groups (broad SMARTS) is 1. The molecule has 15 heavy (non-hydrogen) atoms. The molecule has 0 saturated carbocycles. The van der Waals surface area contributed by atoms with Crippen LogP contribution in [0.25, 0.3) is 0 Å². The normalized spacial score (nSPS) is 38.7. The van der Waals surface area contributed by atoms with E-state index in [1.54, 1.807) is 6.92 Å². The summed E-state index contributed by atoms with van der Waals surface area (Å²) in [6.07, 6.45) is 3.51. The van der Waals surface area contributed by atoms with Crippen LogP contribution in [0.4, 0.5) is 0 Å². The van der Waals surface area contributed by atoms with Crippen molar-refractivity contribution in [2.45, 2.75) is 44.2 Å². The lowest BCUT2D eigenvalue weighted by Crippen LogP contribution is -2.52.